The molecule has 2 aromatic carbocycles. The number of sulfone groups is 1. The second-order valence-electron chi connectivity index (χ2n) is 9.16. The van der Waals surface area contributed by atoms with Gasteiger partial charge in [0.25, 0.3) is 5.89 Å². The second kappa shape index (κ2) is 10.4. The minimum atomic E-state index is -3.37. The fourth-order valence-electron chi connectivity index (χ4n) is 3.94. The van der Waals surface area contributed by atoms with Gasteiger partial charge in [-0.25, -0.2) is 18.4 Å². The molecule has 0 aliphatic carbocycles. The van der Waals surface area contributed by atoms with Crippen LogP contribution in [0.5, 0.6) is 0 Å². The molecule has 0 amide bonds. The molecule has 0 saturated carbocycles. The molecule has 5 rings (SSSR count). The monoisotopic (exact) mass is 520 g/mol. The van der Waals surface area contributed by atoms with E-state index in [1.165, 1.54) is 6.20 Å². The lowest BCUT2D eigenvalue weighted by Crippen LogP contribution is -2.28. The van der Waals surface area contributed by atoms with Crippen LogP contribution in [0.25, 0.3) is 34.3 Å². The molecule has 0 spiro atoms. The molecule has 192 valence electrons. The van der Waals surface area contributed by atoms with Crippen LogP contribution in [0.3, 0.4) is 0 Å². The lowest BCUT2D eigenvalue weighted by Gasteiger charge is -2.10. The first-order valence-electron chi connectivity index (χ1n) is 12.0. The summed E-state index contributed by atoms with van der Waals surface area (Å²) in [7, 11) is -3.37. The van der Waals surface area contributed by atoms with Crippen molar-refractivity contribution < 1.29 is 17.6 Å². The number of hydrogen-bond acceptors (Lipinski definition) is 10. The molecule has 10 nitrogen and oxygen atoms in total. The van der Waals surface area contributed by atoms with Gasteiger partial charge in [-0.15, -0.1) is 10.2 Å². The number of anilines is 1. The van der Waals surface area contributed by atoms with E-state index >= 15 is 0 Å². The van der Waals surface area contributed by atoms with Crippen molar-refractivity contribution in [1.82, 2.24) is 25.5 Å². The number of nitrogens with two attached hydrogens (primary N) is 1. The molecule has 1 unspecified atom stereocenters. The molecular weight excluding hydrogens is 492 g/mol. The molecule has 1 atom stereocenters. The zero-order chi connectivity index (χ0) is 26.0. The van der Waals surface area contributed by atoms with Crippen LogP contribution in [-0.4, -0.2) is 53.1 Å². The van der Waals surface area contributed by atoms with Crippen molar-refractivity contribution >= 4 is 15.7 Å². The van der Waals surface area contributed by atoms with E-state index in [0.29, 0.717) is 23.2 Å². The van der Waals surface area contributed by atoms with E-state index in [2.05, 4.69) is 25.5 Å². The van der Waals surface area contributed by atoms with Crippen LogP contribution in [0.2, 0.25) is 0 Å². The highest BCUT2D eigenvalue weighted by Crippen LogP contribution is 2.29. The standard InChI is InChI=1S/C26H28N6O4S/c1-16(2)37(33,34)21-9-7-18(8-10-21)22-14-29-24(27)23(30-22)26-32-31-25(36-26)19-5-3-17(4-6-19)13-28-20-11-12-35-15-20/h3-10,14,16,20,28H,11-13,15H2,1-2H3,(H2,27,29). The van der Waals surface area contributed by atoms with Crippen molar-refractivity contribution in [3.8, 4) is 34.3 Å². The average Bonchev–Trinajstić information content (AvgIpc) is 3.61. The Hall–Kier alpha value is -3.67. The molecule has 3 heterocycles. The first kappa shape index (κ1) is 25.0. The summed E-state index contributed by atoms with van der Waals surface area (Å²) >= 11 is 0. The summed E-state index contributed by atoms with van der Waals surface area (Å²) < 4.78 is 36.1. The van der Waals surface area contributed by atoms with Crippen molar-refractivity contribution in [3.63, 3.8) is 0 Å². The van der Waals surface area contributed by atoms with E-state index < -0.39 is 15.1 Å². The Morgan fingerprint density at radius 3 is 2.41 bits per heavy atom. The molecule has 0 bridgehead atoms. The van der Waals surface area contributed by atoms with Gasteiger partial charge < -0.3 is 20.2 Å². The number of hydrogen-bond donors (Lipinski definition) is 2. The highest BCUT2D eigenvalue weighted by atomic mass is 32.2. The Morgan fingerprint density at radius 2 is 1.73 bits per heavy atom. The molecular formula is C26H28N6O4S. The van der Waals surface area contributed by atoms with Gasteiger partial charge in [0, 0.05) is 30.3 Å². The first-order valence-corrected chi connectivity index (χ1v) is 13.6. The molecule has 37 heavy (non-hydrogen) atoms. The van der Waals surface area contributed by atoms with Crippen molar-refractivity contribution in [1.29, 1.82) is 0 Å². The van der Waals surface area contributed by atoms with Gasteiger partial charge >= 0.3 is 0 Å². The summed E-state index contributed by atoms with van der Waals surface area (Å²) in [5.41, 5.74) is 9.43. The summed E-state index contributed by atoms with van der Waals surface area (Å²) in [4.78, 5) is 9.06. The molecule has 4 aromatic rings. The summed E-state index contributed by atoms with van der Waals surface area (Å²) in [5, 5.41) is 11.3. The number of nitrogens with one attached hydrogen (secondary N) is 1. The maximum absolute atomic E-state index is 12.4. The maximum Gasteiger partial charge on any atom is 0.270 e. The number of rotatable bonds is 8. The first-order chi connectivity index (χ1) is 17.8. The van der Waals surface area contributed by atoms with Crippen molar-refractivity contribution in [2.24, 2.45) is 0 Å². The summed E-state index contributed by atoms with van der Waals surface area (Å²) in [6.07, 6.45) is 2.55. The topological polar surface area (TPSA) is 146 Å². The molecule has 0 radical (unpaired) electrons. The fourth-order valence-corrected chi connectivity index (χ4v) is 5.00. The summed E-state index contributed by atoms with van der Waals surface area (Å²) in [6.45, 7) is 5.62. The third kappa shape index (κ3) is 5.38. The van der Waals surface area contributed by atoms with E-state index in [1.807, 2.05) is 24.3 Å². The third-order valence-corrected chi connectivity index (χ3v) is 8.42. The van der Waals surface area contributed by atoms with E-state index in [0.717, 1.165) is 37.3 Å². The molecule has 11 heteroatoms. The minimum absolute atomic E-state index is 0.146. The van der Waals surface area contributed by atoms with E-state index in [9.17, 15) is 8.42 Å². The van der Waals surface area contributed by atoms with Crippen molar-refractivity contribution in [3.05, 3.63) is 60.3 Å². The predicted molar refractivity (Wildman–Crippen MR) is 139 cm³/mol. The Kier molecular flexibility index (Phi) is 7.00. The number of ether oxygens (including phenoxy) is 1. The third-order valence-electron chi connectivity index (χ3n) is 6.25. The Balaban J connectivity index is 1.34. The molecule has 2 aromatic heterocycles. The molecule has 1 saturated heterocycles. The van der Waals surface area contributed by atoms with Gasteiger partial charge in [0.15, 0.2) is 21.3 Å². The van der Waals surface area contributed by atoms with Gasteiger partial charge in [0.05, 0.1) is 28.6 Å². The normalized spacial score (nSPS) is 15.9. The van der Waals surface area contributed by atoms with Crippen LogP contribution < -0.4 is 11.1 Å². The van der Waals surface area contributed by atoms with Crippen molar-refractivity contribution in [2.45, 2.75) is 43.0 Å². The summed E-state index contributed by atoms with van der Waals surface area (Å²) in [6, 6.07) is 14.8. The Morgan fingerprint density at radius 1 is 1.03 bits per heavy atom. The predicted octanol–water partition coefficient (Wildman–Crippen LogP) is 3.50. The van der Waals surface area contributed by atoms with Crippen LogP contribution in [0.15, 0.2) is 64.0 Å². The fraction of sp³-hybridized carbons (Fsp3) is 0.308. The van der Waals surface area contributed by atoms with Gasteiger partial charge in [0.1, 0.15) is 0 Å². The SMILES string of the molecule is CC(C)S(=O)(=O)c1ccc(-c2cnc(N)c(-c3nnc(-c4ccc(CNC5CCOC5)cc4)o3)n2)cc1. The van der Waals surface area contributed by atoms with E-state index in [1.54, 1.807) is 38.1 Å². The van der Waals surface area contributed by atoms with Gasteiger partial charge in [-0.2, -0.15) is 0 Å². The number of benzene rings is 2. The van der Waals surface area contributed by atoms with Crippen LogP contribution in [-0.2, 0) is 21.1 Å². The number of nitrogen functional groups attached to an aromatic ring is 1. The highest BCUT2D eigenvalue weighted by molar-refractivity contribution is 7.92. The minimum Gasteiger partial charge on any atom is -0.414 e. The average molecular weight is 521 g/mol. The van der Waals surface area contributed by atoms with Crippen LogP contribution >= 0.6 is 0 Å². The quantitative estimate of drug-likeness (QED) is 0.354. The lowest BCUT2D eigenvalue weighted by atomic mass is 10.1. The molecule has 1 aliphatic rings. The zero-order valence-corrected chi connectivity index (χ0v) is 21.4. The zero-order valence-electron chi connectivity index (χ0n) is 20.6. The second-order valence-corrected chi connectivity index (χ2v) is 11.7. The number of nitrogens with zero attached hydrogens (tertiary/aromatic N) is 4. The van der Waals surface area contributed by atoms with E-state index in [4.69, 9.17) is 14.9 Å². The maximum atomic E-state index is 12.4. The Bertz CT molecular complexity index is 1480. The molecule has 1 fully saturated rings. The van der Waals surface area contributed by atoms with E-state index in [-0.39, 0.29) is 22.3 Å². The van der Waals surface area contributed by atoms with Crippen LogP contribution in [0.4, 0.5) is 5.82 Å². The Labute approximate surface area is 215 Å². The smallest absolute Gasteiger partial charge is 0.270 e. The van der Waals surface area contributed by atoms with Gasteiger partial charge in [-0.1, -0.05) is 24.3 Å². The highest BCUT2D eigenvalue weighted by Gasteiger charge is 2.20. The van der Waals surface area contributed by atoms with Crippen molar-refractivity contribution in [2.75, 3.05) is 18.9 Å². The largest absolute Gasteiger partial charge is 0.414 e. The van der Waals surface area contributed by atoms with Crippen LogP contribution in [0, 0.1) is 0 Å². The van der Waals surface area contributed by atoms with Gasteiger partial charge in [-0.3, -0.25) is 0 Å². The summed E-state index contributed by atoms with van der Waals surface area (Å²) in [5.74, 6) is 0.636. The lowest BCUT2D eigenvalue weighted by molar-refractivity contribution is 0.190. The van der Waals surface area contributed by atoms with Gasteiger partial charge in [-0.05, 0) is 50.1 Å². The van der Waals surface area contributed by atoms with Gasteiger partial charge in [0.2, 0.25) is 5.89 Å². The molecule has 3 N–H and O–H groups in total. The van der Waals surface area contributed by atoms with Crippen LogP contribution in [0.1, 0.15) is 25.8 Å². The number of aromatic nitrogens is 4. The molecule has 1 aliphatic heterocycles.